The molecule has 18 heavy (non-hydrogen) atoms. The van der Waals surface area contributed by atoms with Gasteiger partial charge in [-0.1, -0.05) is 0 Å². The molecule has 0 amide bonds. The van der Waals surface area contributed by atoms with Gasteiger partial charge >= 0.3 is 21.8 Å². The van der Waals surface area contributed by atoms with E-state index in [1.807, 2.05) is 0 Å². The third-order valence-electron chi connectivity index (χ3n) is 1.37. The molecule has 0 fully saturated rings. The maximum absolute atomic E-state index is 12.0. The quantitative estimate of drug-likeness (QED) is 0.472. The van der Waals surface area contributed by atoms with E-state index in [0.29, 0.717) is 0 Å². The van der Waals surface area contributed by atoms with Gasteiger partial charge in [-0.3, -0.25) is 0 Å². The Morgan fingerprint density at radius 3 is 1.78 bits per heavy atom. The molecule has 0 spiro atoms. The fourth-order valence-electron chi connectivity index (χ4n) is 0.680. The van der Waals surface area contributed by atoms with E-state index in [-0.39, 0.29) is 12.4 Å². The van der Waals surface area contributed by atoms with Crippen LogP contribution in [0.25, 0.3) is 0 Å². The highest BCUT2D eigenvalue weighted by molar-refractivity contribution is 7.87. The molecular formula is C6H2F6N2O3S. The Hall–Kier alpha value is -1.59. The van der Waals surface area contributed by atoms with Gasteiger partial charge in [0.05, 0.1) is 12.4 Å². The maximum Gasteiger partial charge on any atom is 0.534 e. The Labute approximate surface area is 95.5 Å². The minimum Gasteiger partial charge on any atom is -0.373 e. The molecule has 12 heteroatoms. The van der Waals surface area contributed by atoms with Crippen LogP contribution in [0.3, 0.4) is 0 Å². The molecule has 0 aliphatic carbocycles. The van der Waals surface area contributed by atoms with Crippen molar-refractivity contribution in [3.8, 4) is 5.75 Å². The lowest BCUT2D eigenvalue weighted by atomic mass is 10.5. The summed E-state index contributed by atoms with van der Waals surface area (Å²) in [5.41, 5.74) is -5.70. The topological polar surface area (TPSA) is 69.2 Å². The van der Waals surface area contributed by atoms with Gasteiger partial charge in [-0.25, -0.2) is 9.97 Å². The summed E-state index contributed by atoms with van der Waals surface area (Å²) in [5, 5.41) is 0. The van der Waals surface area contributed by atoms with Crippen LogP contribution in [0.15, 0.2) is 12.4 Å². The first kappa shape index (κ1) is 14.5. The number of hydrogen-bond donors (Lipinski definition) is 0. The Morgan fingerprint density at radius 1 is 1.00 bits per heavy atom. The van der Waals surface area contributed by atoms with Crippen molar-refractivity contribution < 1.29 is 38.9 Å². The molecule has 5 nitrogen and oxygen atoms in total. The normalized spacial score (nSPS) is 13.4. The average molecular weight is 296 g/mol. The number of aromatic nitrogens is 2. The predicted octanol–water partition coefficient (Wildman–Crippen LogP) is 1.72. The van der Waals surface area contributed by atoms with Crippen molar-refractivity contribution in [1.29, 1.82) is 0 Å². The van der Waals surface area contributed by atoms with E-state index in [4.69, 9.17) is 0 Å². The minimum absolute atomic E-state index is 0.166. The summed E-state index contributed by atoms with van der Waals surface area (Å²) in [6.07, 6.45) is -4.57. The first-order valence-corrected chi connectivity index (χ1v) is 5.24. The summed E-state index contributed by atoms with van der Waals surface area (Å²) in [4.78, 5) is 5.25. The molecule has 0 unspecified atom stereocenters. The number of nitrogens with zero attached hydrogens (tertiary/aromatic N) is 2. The molecule has 0 saturated carbocycles. The second kappa shape index (κ2) is 4.26. The molecule has 102 valence electrons. The van der Waals surface area contributed by atoms with Gasteiger partial charge in [0.25, 0.3) is 0 Å². The van der Waals surface area contributed by atoms with Gasteiger partial charge in [-0.05, 0) is 0 Å². The van der Waals surface area contributed by atoms with E-state index in [0.717, 1.165) is 0 Å². The third kappa shape index (κ3) is 3.21. The first-order valence-electron chi connectivity index (χ1n) is 3.83. The molecule has 1 aromatic heterocycles. The van der Waals surface area contributed by atoms with Crippen LogP contribution in [0.2, 0.25) is 0 Å². The highest BCUT2D eigenvalue weighted by Gasteiger charge is 2.48. The third-order valence-corrected chi connectivity index (χ3v) is 2.35. The van der Waals surface area contributed by atoms with Crippen molar-refractivity contribution in [3.05, 3.63) is 18.2 Å². The van der Waals surface area contributed by atoms with Gasteiger partial charge in [0.1, 0.15) is 0 Å². The summed E-state index contributed by atoms with van der Waals surface area (Å²) in [5.74, 6) is -2.72. The summed E-state index contributed by atoms with van der Waals surface area (Å²) < 4.78 is 96.0. The molecular weight excluding hydrogens is 294 g/mol. The van der Waals surface area contributed by atoms with E-state index in [1.54, 1.807) is 0 Å². The van der Waals surface area contributed by atoms with Crippen LogP contribution in [-0.2, 0) is 16.3 Å². The van der Waals surface area contributed by atoms with Crippen LogP contribution in [0.5, 0.6) is 5.75 Å². The van der Waals surface area contributed by atoms with Gasteiger partial charge in [-0.2, -0.15) is 34.8 Å². The molecule has 0 N–H and O–H groups in total. The molecule has 0 aromatic carbocycles. The van der Waals surface area contributed by atoms with Gasteiger partial charge in [0.2, 0.25) is 5.82 Å². The molecule has 1 heterocycles. The second-order valence-electron chi connectivity index (χ2n) is 2.72. The van der Waals surface area contributed by atoms with Crippen LogP contribution in [0.1, 0.15) is 5.82 Å². The largest absolute Gasteiger partial charge is 0.534 e. The lowest BCUT2D eigenvalue weighted by Gasteiger charge is -2.09. The predicted molar refractivity (Wildman–Crippen MR) is 42.6 cm³/mol. The van der Waals surface area contributed by atoms with E-state index in [1.165, 1.54) is 0 Å². The Morgan fingerprint density at radius 2 is 1.44 bits per heavy atom. The summed E-state index contributed by atoms with van der Waals surface area (Å²) >= 11 is 0. The zero-order chi connectivity index (χ0) is 14.2. The monoisotopic (exact) mass is 296 g/mol. The van der Waals surface area contributed by atoms with Crippen molar-refractivity contribution in [3.63, 3.8) is 0 Å². The number of halogens is 6. The zero-order valence-corrected chi connectivity index (χ0v) is 8.77. The van der Waals surface area contributed by atoms with Crippen LogP contribution < -0.4 is 4.18 Å². The number of hydrogen-bond acceptors (Lipinski definition) is 5. The van der Waals surface area contributed by atoms with Crippen LogP contribution in [-0.4, -0.2) is 23.9 Å². The van der Waals surface area contributed by atoms with Crippen molar-refractivity contribution in [2.24, 2.45) is 0 Å². The van der Waals surface area contributed by atoms with Crippen molar-refractivity contribution >= 4 is 10.1 Å². The Balaban J connectivity index is 2.96. The second-order valence-corrected chi connectivity index (χ2v) is 4.26. The first-order chi connectivity index (χ1) is 7.93. The molecule has 1 aromatic rings. The lowest BCUT2D eigenvalue weighted by Crippen LogP contribution is -2.28. The van der Waals surface area contributed by atoms with E-state index < -0.39 is 33.4 Å². The standard InChI is InChI=1S/C6H2F6N2O3S/c7-5(8,9)4-13-1-3(2-14-4)17-18(15,16)6(10,11)12/h1-2H. The van der Waals surface area contributed by atoms with Crippen LogP contribution >= 0.6 is 0 Å². The fourth-order valence-corrected chi connectivity index (χ4v) is 1.11. The molecule has 0 aliphatic rings. The Bertz CT molecular complexity index is 520. The van der Waals surface area contributed by atoms with E-state index in [9.17, 15) is 34.8 Å². The SMILES string of the molecule is O=S(=O)(Oc1cnc(C(F)(F)F)nc1)C(F)(F)F. The Kier molecular flexibility index (Phi) is 3.42. The summed E-state index contributed by atoms with van der Waals surface area (Å²) in [6.45, 7) is 0. The molecule has 0 saturated heterocycles. The van der Waals surface area contributed by atoms with Gasteiger partial charge in [-0.15, -0.1) is 0 Å². The lowest BCUT2D eigenvalue weighted by molar-refractivity contribution is -0.145. The summed E-state index contributed by atoms with van der Waals surface area (Å²) in [6, 6.07) is 0. The maximum atomic E-state index is 12.0. The van der Waals surface area contributed by atoms with Crippen LogP contribution in [0, 0.1) is 0 Å². The van der Waals surface area contributed by atoms with E-state index in [2.05, 4.69) is 14.2 Å². The molecule has 0 radical (unpaired) electrons. The molecule has 0 atom stereocenters. The number of alkyl halides is 6. The summed E-state index contributed by atoms with van der Waals surface area (Å²) in [7, 11) is -5.96. The van der Waals surface area contributed by atoms with E-state index >= 15 is 0 Å². The van der Waals surface area contributed by atoms with Crippen LogP contribution in [0.4, 0.5) is 26.3 Å². The zero-order valence-electron chi connectivity index (χ0n) is 7.95. The number of rotatable bonds is 2. The van der Waals surface area contributed by atoms with Crippen molar-refractivity contribution in [2.75, 3.05) is 0 Å². The molecule has 0 bridgehead atoms. The van der Waals surface area contributed by atoms with Crippen molar-refractivity contribution in [2.45, 2.75) is 11.7 Å². The fraction of sp³-hybridized carbons (Fsp3) is 0.333. The highest BCUT2D eigenvalue weighted by atomic mass is 32.2. The molecule has 1 rings (SSSR count). The van der Waals surface area contributed by atoms with Gasteiger partial charge in [0, 0.05) is 0 Å². The smallest absolute Gasteiger partial charge is 0.373 e. The minimum atomic E-state index is -5.96. The highest BCUT2D eigenvalue weighted by Crippen LogP contribution is 2.28. The average Bonchev–Trinajstić information content (AvgIpc) is 2.14. The van der Waals surface area contributed by atoms with Gasteiger partial charge in [0.15, 0.2) is 5.75 Å². The van der Waals surface area contributed by atoms with Gasteiger partial charge < -0.3 is 4.18 Å². The van der Waals surface area contributed by atoms with Crippen molar-refractivity contribution in [1.82, 2.24) is 9.97 Å². The molecule has 0 aliphatic heterocycles.